The quantitative estimate of drug-likeness (QED) is 0.628. The van der Waals surface area contributed by atoms with Crippen LogP contribution in [0.15, 0.2) is 22.5 Å². The zero-order valence-electron chi connectivity index (χ0n) is 8.81. The van der Waals surface area contributed by atoms with Gasteiger partial charge in [-0.1, -0.05) is 43.7 Å². The summed E-state index contributed by atoms with van der Waals surface area (Å²) < 4.78 is 0. The van der Waals surface area contributed by atoms with E-state index in [-0.39, 0.29) is 0 Å². The highest BCUT2D eigenvalue weighted by molar-refractivity contribution is 8.06. The molecule has 1 aliphatic carbocycles. The molecule has 0 radical (unpaired) electrons. The minimum atomic E-state index is 0.834. The third-order valence-corrected chi connectivity index (χ3v) is 3.74. The number of thioether (sulfide) groups is 1. The van der Waals surface area contributed by atoms with Gasteiger partial charge in [0.15, 0.2) is 0 Å². The first-order valence-corrected chi connectivity index (χ1v) is 6.05. The van der Waals surface area contributed by atoms with E-state index in [0.29, 0.717) is 0 Å². The molecule has 0 aromatic carbocycles. The van der Waals surface area contributed by atoms with E-state index in [1.807, 2.05) is 11.8 Å². The van der Waals surface area contributed by atoms with E-state index in [9.17, 15) is 0 Å². The maximum Gasteiger partial charge on any atom is -0.0102 e. The van der Waals surface area contributed by atoms with Crippen molar-refractivity contribution in [2.24, 2.45) is 5.92 Å². The van der Waals surface area contributed by atoms with Crippen molar-refractivity contribution in [2.75, 3.05) is 0 Å². The highest BCUT2D eigenvalue weighted by Gasteiger charge is 2.17. The molecule has 0 amide bonds. The molecule has 1 saturated carbocycles. The molecule has 1 heteroatoms. The number of allylic oxidation sites excluding steroid dienone is 3. The van der Waals surface area contributed by atoms with Gasteiger partial charge in [0.2, 0.25) is 0 Å². The Kier molecular flexibility index (Phi) is 4.65. The Labute approximate surface area is 86.5 Å². The van der Waals surface area contributed by atoms with Crippen molar-refractivity contribution < 1.29 is 0 Å². The Morgan fingerprint density at radius 3 is 2.38 bits per heavy atom. The molecule has 1 aliphatic rings. The molecular weight excluding hydrogens is 176 g/mol. The third kappa shape index (κ3) is 3.60. The molecule has 1 rings (SSSR count). The molecule has 0 nitrogen and oxygen atoms in total. The fourth-order valence-electron chi connectivity index (χ4n) is 1.97. The SMILES string of the molecule is C=C(C)S/C(=C\C)C1CCCCC1. The Morgan fingerprint density at radius 2 is 1.92 bits per heavy atom. The second kappa shape index (κ2) is 5.54. The summed E-state index contributed by atoms with van der Waals surface area (Å²) in [5, 5.41) is 0. The van der Waals surface area contributed by atoms with Crippen LogP contribution in [0.3, 0.4) is 0 Å². The van der Waals surface area contributed by atoms with Crippen molar-refractivity contribution in [1.82, 2.24) is 0 Å². The van der Waals surface area contributed by atoms with E-state index in [1.165, 1.54) is 37.0 Å². The van der Waals surface area contributed by atoms with Crippen LogP contribution in [-0.4, -0.2) is 0 Å². The van der Waals surface area contributed by atoms with Gasteiger partial charge in [-0.2, -0.15) is 0 Å². The molecule has 13 heavy (non-hydrogen) atoms. The Morgan fingerprint density at radius 1 is 1.31 bits per heavy atom. The first kappa shape index (κ1) is 10.9. The smallest absolute Gasteiger partial charge is 0.0102 e. The van der Waals surface area contributed by atoms with Crippen molar-refractivity contribution in [2.45, 2.75) is 46.0 Å². The lowest BCUT2D eigenvalue weighted by atomic mass is 9.89. The molecule has 0 atom stereocenters. The summed E-state index contributed by atoms with van der Waals surface area (Å²) >= 11 is 1.87. The van der Waals surface area contributed by atoms with Crippen molar-refractivity contribution >= 4 is 11.8 Å². The number of hydrogen-bond acceptors (Lipinski definition) is 1. The van der Waals surface area contributed by atoms with E-state index >= 15 is 0 Å². The average Bonchev–Trinajstić information content (AvgIpc) is 2.15. The third-order valence-electron chi connectivity index (χ3n) is 2.58. The second-order valence-electron chi connectivity index (χ2n) is 3.83. The van der Waals surface area contributed by atoms with Crippen LogP contribution >= 0.6 is 11.8 Å². The van der Waals surface area contributed by atoms with Gasteiger partial charge in [-0.25, -0.2) is 0 Å². The topological polar surface area (TPSA) is 0 Å². The maximum atomic E-state index is 3.96. The fourth-order valence-corrected chi connectivity index (χ4v) is 2.89. The van der Waals surface area contributed by atoms with Gasteiger partial charge in [-0.05, 0) is 42.4 Å². The van der Waals surface area contributed by atoms with E-state index < -0.39 is 0 Å². The lowest BCUT2D eigenvalue weighted by Gasteiger charge is -2.23. The van der Waals surface area contributed by atoms with E-state index in [2.05, 4.69) is 26.5 Å². The summed E-state index contributed by atoms with van der Waals surface area (Å²) in [6, 6.07) is 0. The van der Waals surface area contributed by atoms with Crippen LogP contribution in [-0.2, 0) is 0 Å². The van der Waals surface area contributed by atoms with Crippen LogP contribution in [0.4, 0.5) is 0 Å². The van der Waals surface area contributed by atoms with Gasteiger partial charge >= 0.3 is 0 Å². The molecule has 0 N–H and O–H groups in total. The average molecular weight is 196 g/mol. The molecule has 1 fully saturated rings. The largest absolute Gasteiger partial charge is 0.1000 e. The standard InChI is InChI=1S/C12H20S/c1-4-12(13-10(2)3)11-8-6-5-7-9-11/h4,11H,2,5-9H2,1,3H3/b12-4-. The summed E-state index contributed by atoms with van der Waals surface area (Å²) in [5.41, 5.74) is 0. The normalized spacial score (nSPS) is 20.3. The summed E-state index contributed by atoms with van der Waals surface area (Å²) in [5.74, 6) is 0.834. The van der Waals surface area contributed by atoms with Gasteiger partial charge in [0.1, 0.15) is 0 Å². The van der Waals surface area contributed by atoms with Crippen LogP contribution in [0.5, 0.6) is 0 Å². The van der Waals surface area contributed by atoms with Gasteiger partial charge in [0.25, 0.3) is 0 Å². The fraction of sp³-hybridized carbons (Fsp3) is 0.667. The number of rotatable bonds is 3. The minimum absolute atomic E-state index is 0.834. The summed E-state index contributed by atoms with van der Waals surface area (Å²) in [7, 11) is 0. The van der Waals surface area contributed by atoms with Crippen LogP contribution in [0.25, 0.3) is 0 Å². The van der Waals surface area contributed by atoms with E-state index in [1.54, 1.807) is 4.91 Å². The summed E-state index contributed by atoms with van der Waals surface area (Å²) in [6.45, 7) is 8.21. The number of hydrogen-bond donors (Lipinski definition) is 0. The molecule has 0 heterocycles. The molecule has 0 bridgehead atoms. The van der Waals surface area contributed by atoms with Crippen molar-refractivity contribution in [3.8, 4) is 0 Å². The summed E-state index contributed by atoms with van der Waals surface area (Å²) in [4.78, 5) is 2.77. The van der Waals surface area contributed by atoms with Crippen molar-refractivity contribution in [3.63, 3.8) is 0 Å². The minimum Gasteiger partial charge on any atom is -0.1000 e. The molecule has 0 aromatic rings. The van der Waals surface area contributed by atoms with Crippen molar-refractivity contribution in [1.29, 1.82) is 0 Å². The summed E-state index contributed by atoms with van der Waals surface area (Å²) in [6.07, 6.45) is 9.32. The van der Waals surface area contributed by atoms with Crippen LogP contribution in [0.2, 0.25) is 0 Å². The lowest BCUT2D eigenvalue weighted by molar-refractivity contribution is 0.414. The maximum absolute atomic E-state index is 3.96. The lowest BCUT2D eigenvalue weighted by Crippen LogP contribution is -2.07. The Hall–Kier alpha value is -0.170. The van der Waals surface area contributed by atoms with Gasteiger partial charge in [-0.15, -0.1) is 0 Å². The van der Waals surface area contributed by atoms with Gasteiger partial charge in [-0.3, -0.25) is 0 Å². The van der Waals surface area contributed by atoms with Gasteiger partial charge in [0.05, 0.1) is 0 Å². The predicted octanol–water partition coefficient (Wildman–Crippen LogP) is 4.74. The molecular formula is C12H20S. The van der Waals surface area contributed by atoms with Crippen molar-refractivity contribution in [3.05, 3.63) is 22.5 Å². The Balaban J connectivity index is 2.50. The van der Waals surface area contributed by atoms with Crippen LogP contribution in [0, 0.1) is 5.92 Å². The monoisotopic (exact) mass is 196 g/mol. The first-order chi connectivity index (χ1) is 6.24. The van der Waals surface area contributed by atoms with Gasteiger partial charge in [0, 0.05) is 0 Å². The van der Waals surface area contributed by atoms with Gasteiger partial charge < -0.3 is 0 Å². The molecule has 0 saturated heterocycles. The highest BCUT2D eigenvalue weighted by atomic mass is 32.2. The molecule has 74 valence electrons. The van der Waals surface area contributed by atoms with E-state index in [4.69, 9.17) is 0 Å². The molecule has 0 spiro atoms. The first-order valence-electron chi connectivity index (χ1n) is 5.23. The molecule has 0 unspecified atom stereocenters. The van der Waals surface area contributed by atoms with Crippen LogP contribution in [0.1, 0.15) is 46.0 Å². The zero-order valence-corrected chi connectivity index (χ0v) is 9.62. The second-order valence-corrected chi connectivity index (χ2v) is 5.20. The molecule has 0 aromatic heterocycles. The zero-order chi connectivity index (χ0) is 9.68. The van der Waals surface area contributed by atoms with E-state index in [0.717, 1.165) is 5.92 Å². The molecule has 0 aliphatic heterocycles. The predicted molar refractivity (Wildman–Crippen MR) is 62.7 cm³/mol. The van der Waals surface area contributed by atoms with Crippen LogP contribution < -0.4 is 0 Å². The Bertz CT molecular complexity index is 197. The highest BCUT2D eigenvalue weighted by Crippen LogP contribution is 2.38.